The molecule has 5 heteroatoms. The van der Waals surface area contributed by atoms with Gasteiger partial charge in [0.25, 0.3) is 0 Å². The van der Waals surface area contributed by atoms with Crippen molar-refractivity contribution < 1.29 is 13.2 Å². The number of piperidine rings is 1. The summed E-state index contributed by atoms with van der Waals surface area (Å²) < 4.78 is 36.0. The smallest absolute Gasteiger partial charge is 0.316 e. The third-order valence-electron chi connectivity index (χ3n) is 3.90. The minimum Gasteiger partial charge on any atom is -0.316 e. The number of unbranched alkanes of at least 4 members (excludes halogenated alkanes) is 1. The maximum atomic E-state index is 12.0. The van der Waals surface area contributed by atoms with Gasteiger partial charge in [-0.15, -0.1) is 0 Å². The van der Waals surface area contributed by atoms with Gasteiger partial charge in [-0.2, -0.15) is 13.2 Å². The SMILES string of the molecule is CCCC1(CNCCCCC(F)(F)F)CCCNC1. The molecule has 1 saturated heterocycles. The van der Waals surface area contributed by atoms with Crippen LogP contribution in [0.5, 0.6) is 0 Å². The highest BCUT2D eigenvalue weighted by Gasteiger charge is 2.30. The fourth-order valence-electron chi connectivity index (χ4n) is 2.94. The van der Waals surface area contributed by atoms with Crippen molar-refractivity contribution >= 4 is 0 Å². The van der Waals surface area contributed by atoms with Gasteiger partial charge in [-0.25, -0.2) is 0 Å². The van der Waals surface area contributed by atoms with E-state index in [1.807, 2.05) is 0 Å². The minimum atomic E-state index is -4.00. The molecule has 1 unspecified atom stereocenters. The van der Waals surface area contributed by atoms with E-state index in [0.29, 0.717) is 18.4 Å². The first-order valence-corrected chi connectivity index (χ1v) is 7.46. The fraction of sp³-hybridized carbons (Fsp3) is 1.00. The third kappa shape index (κ3) is 7.16. The van der Waals surface area contributed by atoms with Gasteiger partial charge in [0.2, 0.25) is 0 Å². The van der Waals surface area contributed by atoms with Crippen LogP contribution in [0.1, 0.15) is 51.9 Å². The molecule has 0 aliphatic carbocycles. The van der Waals surface area contributed by atoms with E-state index in [1.54, 1.807) is 0 Å². The molecule has 1 atom stereocenters. The maximum absolute atomic E-state index is 12.0. The summed E-state index contributed by atoms with van der Waals surface area (Å²) >= 11 is 0. The van der Waals surface area contributed by atoms with Crippen LogP contribution in [0.4, 0.5) is 13.2 Å². The van der Waals surface area contributed by atoms with Crippen LogP contribution in [-0.4, -0.2) is 32.4 Å². The lowest BCUT2D eigenvalue weighted by atomic mass is 9.77. The van der Waals surface area contributed by atoms with E-state index in [9.17, 15) is 13.2 Å². The number of halogens is 3. The average molecular weight is 280 g/mol. The Hall–Kier alpha value is -0.290. The Balaban J connectivity index is 2.15. The summed E-state index contributed by atoms with van der Waals surface area (Å²) in [4.78, 5) is 0. The van der Waals surface area contributed by atoms with Crippen molar-refractivity contribution in [3.63, 3.8) is 0 Å². The quantitative estimate of drug-likeness (QED) is 0.665. The molecule has 1 rings (SSSR count). The van der Waals surface area contributed by atoms with Gasteiger partial charge >= 0.3 is 6.18 Å². The number of alkyl halides is 3. The van der Waals surface area contributed by atoms with Crippen LogP contribution in [-0.2, 0) is 0 Å². The van der Waals surface area contributed by atoms with Crippen molar-refractivity contribution in [2.75, 3.05) is 26.2 Å². The first-order chi connectivity index (χ1) is 8.97. The van der Waals surface area contributed by atoms with Crippen molar-refractivity contribution in [3.8, 4) is 0 Å². The van der Waals surface area contributed by atoms with Crippen LogP contribution >= 0.6 is 0 Å². The molecule has 0 saturated carbocycles. The van der Waals surface area contributed by atoms with Gasteiger partial charge in [0, 0.05) is 19.5 Å². The molecule has 19 heavy (non-hydrogen) atoms. The van der Waals surface area contributed by atoms with Crippen LogP contribution in [0.25, 0.3) is 0 Å². The third-order valence-corrected chi connectivity index (χ3v) is 3.90. The molecule has 2 N–H and O–H groups in total. The Morgan fingerprint density at radius 1 is 1.26 bits per heavy atom. The summed E-state index contributed by atoms with van der Waals surface area (Å²) in [6.45, 7) is 5.95. The van der Waals surface area contributed by atoms with Crippen molar-refractivity contribution in [1.82, 2.24) is 10.6 Å². The zero-order chi connectivity index (χ0) is 14.2. The molecule has 0 aromatic carbocycles. The molecule has 1 aliphatic heterocycles. The highest BCUT2D eigenvalue weighted by molar-refractivity contribution is 4.87. The van der Waals surface area contributed by atoms with Crippen LogP contribution < -0.4 is 10.6 Å². The zero-order valence-electron chi connectivity index (χ0n) is 11.9. The Morgan fingerprint density at radius 2 is 2.05 bits per heavy atom. The van der Waals surface area contributed by atoms with Gasteiger partial charge in [-0.3, -0.25) is 0 Å². The molecular weight excluding hydrogens is 253 g/mol. The van der Waals surface area contributed by atoms with Crippen molar-refractivity contribution in [2.45, 2.75) is 58.0 Å². The number of nitrogens with one attached hydrogen (secondary N) is 2. The van der Waals surface area contributed by atoms with E-state index in [0.717, 1.165) is 26.1 Å². The predicted molar refractivity (Wildman–Crippen MR) is 72.2 cm³/mol. The fourth-order valence-corrected chi connectivity index (χ4v) is 2.94. The van der Waals surface area contributed by atoms with Crippen molar-refractivity contribution in [1.29, 1.82) is 0 Å². The second-order valence-electron chi connectivity index (χ2n) is 5.78. The van der Waals surface area contributed by atoms with Crippen LogP contribution in [0, 0.1) is 5.41 Å². The average Bonchev–Trinajstić information content (AvgIpc) is 2.34. The molecule has 0 amide bonds. The molecule has 0 spiro atoms. The standard InChI is InChI=1S/C14H27F3N2/c1-2-6-13(7-5-10-19-12-13)11-18-9-4-3-8-14(15,16)17/h18-19H,2-12H2,1H3. The Morgan fingerprint density at radius 3 is 2.63 bits per heavy atom. The van der Waals surface area contributed by atoms with Gasteiger partial charge in [-0.1, -0.05) is 13.3 Å². The number of hydrogen-bond acceptors (Lipinski definition) is 2. The lowest BCUT2D eigenvalue weighted by molar-refractivity contribution is -0.135. The number of rotatable bonds is 8. The van der Waals surface area contributed by atoms with E-state index in [-0.39, 0.29) is 6.42 Å². The molecule has 0 bridgehead atoms. The first-order valence-electron chi connectivity index (χ1n) is 7.46. The van der Waals surface area contributed by atoms with Crippen molar-refractivity contribution in [3.05, 3.63) is 0 Å². The summed E-state index contributed by atoms with van der Waals surface area (Å²) in [5, 5.41) is 6.80. The normalized spacial score (nSPS) is 24.6. The van der Waals surface area contributed by atoms with Crippen LogP contribution in [0.15, 0.2) is 0 Å². The summed E-state index contributed by atoms with van der Waals surface area (Å²) in [5.74, 6) is 0. The molecule has 0 radical (unpaired) electrons. The summed E-state index contributed by atoms with van der Waals surface area (Å²) in [5.41, 5.74) is 0.316. The topological polar surface area (TPSA) is 24.1 Å². The lowest BCUT2D eigenvalue weighted by Gasteiger charge is -2.38. The Kier molecular flexibility index (Phi) is 7.15. The van der Waals surface area contributed by atoms with E-state index in [1.165, 1.54) is 19.3 Å². The first kappa shape index (κ1) is 16.8. The minimum absolute atomic E-state index is 0.232. The molecule has 1 heterocycles. The van der Waals surface area contributed by atoms with Gasteiger partial charge in [-0.05, 0) is 50.6 Å². The second kappa shape index (κ2) is 8.10. The van der Waals surface area contributed by atoms with Gasteiger partial charge in [0.15, 0.2) is 0 Å². The Bertz CT molecular complexity index is 230. The maximum Gasteiger partial charge on any atom is 0.389 e. The zero-order valence-corrected chi connectivity index (χ0v) is 11.9. The van der Waals surface area contributed by atoms with Gasteiger partial charge in [0.1, 0.15) is 0 Å². The number of hydrogen-bond donors (Lipinski definition) is 2. The second-order valence-corrected chi connectivity index (χ2v) is 5.78. The Labute approximate surface area is 114 Å². The van der Waals surface area contributed by atoms with Crippen LogP contribution in [0.3, 0.4) is 0 Å². The summed E-state index contributed by atoms with van der Waals surface area (Å²) in [6.07, 6.45) is 0.962. The monoisotopic (exact) mass is 280 g/mol. The van der Waals surface area contributed by atoms with E-state index in [2.05, 4.69) is 17.6 Å². The molecule has 0 aromatic rings. The molecular formula is C14H27F3N2. The molecule has 0 aromatic heterocycles. The summed E-state index contributed by atoms with van der Waals surface area (Å²) in [6, 6.07) is 0. The molecule has 2 nitrogen and oxygen atoms in total. The van der Waals surface area contributed by atoms with Crippen LogP contribution in [0.2, 0.25) is 0 Å². The highest BCUT2D eigenvalue weighted by Crippen LogP contribution is 2.30. The largest absolute Gasteiger partial charge is 0.389 e. The van der Waals surface area contributed by atoms with E-state index < -0.39 is 12.6 Å². The van der Waals surface area contributed by atoms with E-state index >= 15 is 0 Å². The van der Waals surface area contributed by atoms with E-state index in [4.69, 9.17) is 0 Å². The van der Waals surface area contributed by atoms with Gasteiger partial charge in [0.05, 0.1) is 0 Å². The lowest BCUT2D eigenvalue weighted by Crippen LogP contribution is -2.46. The highest BCUT2D eigenvalue weighted by atomic mass is 19.4. The molecule has 1 fully saturated rings. The molecule has 114 valence electrons. The molecule has 1 aliphatic rings. The predicted octanol–water partition coefficient (Wildman–Crippen LogP) is 3.48. The van der Waals surface area contributed by atoms with Crippen molar-refractivity contribution in [2.24, 2.45) is 5.41 Å². The van der Waals surface area contributed by atoms with Gasteiger partial charge < -0.3 is 10.6 Å². The summed E-state index contributed by atoms with van der Waals surface area (Å²) in [7, 11) is 0.